The zero-order valence-corrected chi connectivity index (χ0v) is 24.7. The standard InChI is InChI=1S/C17H22N4O2.C15H18N4O/c1-2-23-17(22)15(14-10-6-7-11-14)16-18-20-21(19-16)12-13-8-4-3-5-9-13;20-11-14(13-8-4-5-9-13)15-16-18-19(17-15)10-12-6-2-1-3-7-12/h3-5,8-9,14-15H,2,6-7,10-12H2,1H3;1-3,6-7,11,13-14H,4-5,8-10H2. The van der Waals surface area contributed by atoms with Crippen LogP contribution < -0.4 is 0 Å². The number of hydrogen-bond donors (Lipinski definition) is 0. The summed E-state index contributed by atoms with van der Waals surface area (Å²) in [7, 11) is 0. The number of nitrogens with zero attached hydrogens (tertiary/aromatic N) is 8. The minimum Gasteiger partial charge on any atom is -0.465 e. The van der Waals surface area contributed by atoms with Crippen molar-refractivity contribution in [3.63, 3.8) is 0 Å². The first-order chi connectivity index (χ1) is 21.1. The summed E-state index contributed by atoms with van der Waals surface area (Å²) < 4.78 is 5.24. The molecule has 0 spiro atoms. The van der Waals surface area contributed by atoms with Crippen molar-refractivity contribution in [2.24, 2.45) is 11.8 Å². The van der Waals surface area contributed by atoms with Crippen LogP contribution in [0.2, 0.25) is 0 Å². The predicted octanol–water partition coefficient (Wildman–Crippen LogP) is 4.75. The second kappa shape index (κ2) is 15.3. The van der Waals surface area contributed by atoms with Gasteiger partial charge in [-0.1, -0.05) is 86.3 Å². The Hall–Kier alpha value is -4.28. The lowest BCUT2D eigenvalue weighted by Crippen LogP contribution is -2.24. The van der Waals surface area contributed by atoms with Crippen LogP contribution in [0.15, 0.2) is 60.7 Å². The maximum Gasteiger partial charge on any atom is 0.317 e. The summed E-state index contributed by atoms with van der Waals surface area (Å²) in [6.45, 7) is 3.33. The van der Waals surface area contributed by atoms with Gasteiger partial charge in [0.15, 0.2) is 11.6 Å². The van der Waals surface area contributed by atoms with Crippen LogP contribution in [0.5, 0.6) is 0 Å². The van der Waals surface area contributed by atoms with Gasteiger partial charge in [0.05, 0.1) is 25.6 Å². The Morgan fingerprint density at radius 1 is 0.791 bits per heavy atom. The molecule has 2 aliphatic rings. The fourth-order valence-corrected chi connectivity index (χ4v) is 6.13. The van der Waals surface area contributed by atoms with Gasteiger partial charge in [-0.05, 0) is 66.0 Å². The highest BCUT2D eigenvalue weighted by Gasteiger charge is 2.36. The van der Waals surface area contributed by atoms with E-state index in [1.807, 2.05) is 67.6 Å². The van der Waals surface area contributed by atoms with E-state index in [4.69, 9.17) is 4.74 Å². The maximum atomic E-state index is 12.4. The van der Waals surface area contributed by atoms with Crippen LogP contribution in [0.3, 0.4) is 0 Å². The molecule has 2 unspecified atom stereocenters. The minimum atomic E-state index is -0.387. The number of hydrogen-bond acceptors (Lipinski definition) is 9. The molecular weight excluding hydrogens is 544 g/mol. The molecule has 11 nitrogen and oxygen atoms in total. The summed E-state index contributed by atoms with van der Waals surface area (Å²) >= 11 is 0. The van der Waals surface area contributed by atoms with Crippen molar-refractivity contribution in [2.75, 3.05) is 6.61 Å². The zero-order chi connectivity index (χ0) is 29.9. The number of carbonyl (C=O) groups is 2. The maximum absolute atomic E-state index is 12.4. The molecule has 0 aliphatic heterocycles. The number of ether oxygens (including phenoxy) is 1. The Kier molecular flexibility index (Phi) is 10.7. The number of carbonyl (C=O) groups excluding carboxylic acids is 2. The molecule has 0 radical (unpaired) electrons. The number of rotatable bonds is 11. The van der Waals surface area contributed by atoms with Crippen molar-refractivity contribution in [1.82, 2.24) is 40.4 Å². The van der Waals surface area contributed by atoms with E-state index >= 15 is 0 Å². The minimum absolute atomic E-state index is 0.193. The van der Waals surface area contributed by atoms with Crippen molar-refractivity contribution >= 4 is 12.3 Å². The van der Waals surface area contributed by atoms with Gasteiger partial charge >= 0.3 is 5.97 Å². The number of aromatic nitrogens is 8. The number of aldehydes is 1. The highest BCUT2D eigenvalue weighted by Crippen LogP contribution is 2.37. The highest BCUT2D eigenvalue weighted by molar-refractivity contribution is 5.77. The summed E-state index contributed by atoms with van der Waals surface area (Å²) in [5.74, 6) is 0.919. The highest BCUT2D eigenvalue weighted by atomic mass is 16.5. The monoisotopic (exact) mass is 584 g/mol. The first kappa shape index (κ1) is 30.2. The third-order valence-electron chi connectivity index (χ3n) is 8.31. The summed E-state index contributed by atoms with van der Waals surface area (Å²) in [5.41, 5.74) is 2.23. The molecule has 43 heavy (non-hydrogen) atoms. The third kappa shape index (κ3) is 8.18. The lowest BCUT2D eigenvalue weighted by molar-refractivity contribution is -0.146. The van der Waals surface area contributed by atoms with Gasteiger partial charge in [0.2, 0.25) is 0 Å². The Bertz CT molecular complexity index is 1410. The lowest BCUT2D eigenvalue weighted by Gasteiger charge is -2.18. The van der Waals surface area contributed by atoms with E-state index in [9.17, 15) is 9.59 Å². The van der Waals surface area contributed by atoms with Crippen LogP contribution in [0.1, 0.15) is 92.9 Å². The Morgan fingerprint density at radius 3 is 1.79 bits per heavy atom. The van der Waals surface area contributed by atoms with E-state index in [1.165, 1.54) is 12.8 Å². The van der Waals surface area contributed by atoms with Crippen LogP contribution in [0, 0.1) is 11.8 Å². The molecule has 2 aromatic carbocycles. The molecule has 226 valence electrons. The molecule has 4 aromatic rings. The second-order valence-electron chi connectivity index (χ2n) is 11.3. The fraction of sp³-hybridized carbons (Fsp3) is 0.500. The number of benzene rings is 2. The Labute approximate surface area is 252 Å². The molecule has 2 aliphatic carbocycles. The van der Waals surface area contributed by atoms with E-state index in [2.05, 4.69) is 30.8 Å². The van der Waals surface area contributed by atoms with Crippen LogP contribution >= 0.6 is 0 Å². The largest absolute Gasteiger partial charge is 0.465 e. The van der Waals surface area contributed by atoms with Gasteiger partial charge in [-0.25, -0.2) is 0 Å². The van der Waals surface area contributed by atoms with Gasteiger partial charge in [0.1, 0.15) is 12.2 Å². The quantitative estimate of drug-likeness (QED) is 0.181. The number of tetrazole rings is 2. The van der Waals surface area contributed by atoms with Crippen LogP contribution in [-0.2, 0) is 27.4 Å². The second-order valence-corrected chi connectivity index (χ2v) is 11.3. The van der Waals surface area contributed by atoms with Gasteiger partial charge < -0.3 is 9.53 Å². The van der Waals surface area contributed by atoms with Gasteiger partial charge in [-0.3, -0.25) is 4.79 Å². The van der Waals surface area contributed by atoms with Gasteiger partial charge in [-0.2, -0.15) is 9.59 Å². The molecule has 2 saturated carbocycles. The first-order valence-corrected chi connectivity index (χ1v) is 15.4. The van der Waals surface area contributed by atoms with Crippen molar-refractivity contribution in [1.29, 1.82) is 0 Å². The lowest BCUT2D eigenvalue weighted by atomic mass is 9.90. The molecule has 6 rings (SSSR count). The van der Waals surface area contributed by atoms with Crippen molar-refractivity contribution in [3.8, 4) is 0 Å². The predicted molar refractivity (Wildman–Crippen MR) is 159 cm³/mol. The smallest absolute Gasteiger partial charge is 0.317 e. The van der Waals surface area contributed by atoms with Crippen molar-refractivity contribution < 1.29 is 14.3 Å². The molecule has 2 heterocycles. The molecule has 0 saturated heterocycles. The topological polar surface area (TPSA) is 131 Å². The number of esters is 1. The Morgan fingerprint density at radius 2 is 1.28 bits per heavy atom. The molecule has 0 amide bonds. The molecule has 2 atom stereocenters. The molecular formula is C32H40N8O3. The van der Waals surface area contributed by atoms with Crippen LogP contribution in [0.25, 0.3) is 0 Å². The molecule has 2 fully saturated rings. The average molecular weight is 585 g/mol. The normalized spacial score (nSPS) is 16.8. The van der Waals surface area contributed by atoms with Gasteiger partial charge in [0, 0.05) is 0 Å². The van der Waals surface area contributed by atoms with Crippen LogP contribution in [-0.4, -0.2) is 59.3 Å². The van der Waals surface area contributed by atoms with E-state index < -0.39 is 0 Å². The van der Waals surface area contributed by atoms with E-state index in [0.717, 1.165) is 55.9 Å². The van der Waals surface area contributed by atoms with Gasteiger partial charge in [-0.15, -0.1) is 20.4 Å². The first-order valence-electron chi connectivity index (χ1n) is 15.4. The third-order valence-corrected chi connectivity index (χ3v) is 8.31. The fourth-order valence-electron chi connectivity index (χ4n) is 6.13. The molecule has 0 N–H and O–H groups in total. The molecule has 2 aromatic heterocycles. The van der Waals surface area contributed by atoms with Crippen molar-refractivity contribution in [3.05, 3.63) is 83.4 Å². The summed E-state index contributed by atoms with van der Waals surface area (Å²) in [6.07, 6.45) is 9.93. The summed E-state index contributed by atoms with van der Waals surface area (Å²) in [4.78, 5) is 26.8. The van der Waals surface area contributed by atoms with E-state index in [0.29, 0.717) is 37.3 Å². The van der Waals surface area contributed by atoms with Crippen molar-refractivity contribution in [2.45, 2.75) is 83.2 Å². The SMILES string of the molecule is CCOC(=O)C(c1nnn(Cc2ccccc2)n1)C1CCCC1.O=CC(c1nnn(Cc2ccccc2)n1)C1CCCC1. The van der Waals surface area contributed by atoms with E-state index in [1.54, 1.807) is 9.59 Å². The van der Waals surface area contributed by atoms with Crippen LogP contribution in [0.4, 0.5) is 0 Å². The molecule has 0 bridgehead atoms. The molecule has 11 heteroatoms. The summed E-state index contributed by atoms with van der Waals surface area (Å²) in [5, 5.41) is 25.2. The summed E-state index contributed by atoms with van der Waals surface area (Å²) in [6, 6.07) is 20.0. The van der Waals surface area contributed by atoms with Gasteiger partial charge in [0.25, 0.3) is 0 Å². The average Bonchev–Trinajstić information content (AvgIpc) is 3.86. The zero-order valence-electron chi connectivity index (χ0n) is 24.7. The van der Waals surface area contributed by atoms with E-state index in [-0.39, 0.29) is 23.7 Å². The Balaban J connectivity index is 0.000000173.